The lowest BCUT2D eigenvalue weighted by atomic mass is 9.88. The average molecular weight is 222 g/mol. The zero-order valence-corrected chi connectivity index (χ0v) is 11.2. The summed E-state index contributed by atoms with van der Waals surface area (Å²) in [5, 5.41) is 0. The molecule has 1 aliphatic carbocycles. The molecule has 1 heteroatoms. The molecule has 1 nitrogen and oxygen atoms in total. The molecule has 0 aromatic rings. The minimum Gasteiger partial charge on any atom is -0.237 e. The van der Waals surface area contributed by atoms with Crippen LogP contribution in [-0.2, 0) is 0 Å². The number of hydrogen-bond donors (Lipinski definition) is 0. The summed E-state index contributed by atoms with van der Waals surface area (Å²) in [6.45, 7) is 7.46. The fourth-order valence-corrected chi connectivity index (χ4v) is 3.41. The fraction of sp³-hybridized carbons (Fsp3) is 0.933. The molecule has 1 aliphatic heterocycles. The van der Waals surface area contributed by atoms with Gasteiger partial charge in [0.25, 0.3) is 0 Å². The first-order valence-electron chi connectivity index (χ1n) is 7.39. The van der Waals surface area contributed by atoms with E-state index in [-0.39, 0.29) is 0 Å². The van der Waals surface area contributed by atoms with Crippen LogP contribution < -0.4 is 0 Å². The van der Waals surface area contributed by atoms with Crippen molar-refractivity contribution < 1.29 is 4.58 Å². The average Bonchev–Trinajstić information content (AvgIpc) is 2.31. The zero-order chi connectivity index (χ0) is 11.4. The van der Waals surface area contributed by atoms with Crippen molar-refractivity contribution in [1.82, 2.24) is 0 Å². The molecule has 0 amide bonds. The van der Waals surface area contributed by atoms with E-state index in [1.54, 1.807) is 5.71 Å². The third-order valence-corrected chi connectivity index (χ3v) is 4.51. The van der Waals surface area contributed by atoms with Crippen LogP contribution >= 0.6 is 0 Å². The lowest BCUT2D eigenvalue weighted by Crippen LogP contribution is -2.34. The Kier molecular flexibility index (Phi) is 4.43. The van der Waals surface area contributed by atoms with E-state index in [2.05, 4.69) is 18.4 Å². The van der Waals surface area contributed by atoms with Crippen LogP contribution in [0.5, 0.6) is 0 Å². The van der Waals surface area contributed by atoms with Gasteiger partial charge in [0.2, 0.25) is 0 Å². The SMILES string of the molecule is CCC[C@H]1CCC[N+](=C2CCC(C)CC2)C1. The van der Waals surface area contributed by atoms with Gasteiger partial charge in [-0.3, -0.25) is 0 Å². The Morgan fingerprint density at radius 2 is 1.94 bits per heavy atom. The molecule has 0 bridgehead atoms. The van der Waals surface area contributed by atoms with Crippen LogP contribution in [0.3, 0.4) is 0 Å². The summed E-state index contributed by atoms with van der Waals surface area (Å²) in [5.41, 5.74) is 1.79. The van der Waals surface area contributed by atoms with Crippen LogP contribution in [0.15, 0.2) is 0 Å². The van der Waals surface area contributed by atoms with E-state index in [1.807, 2.05) is 0 Å². The van der Waals surface area contributed by atoms with Crippen molar-refractivity contribution in [2.75, 3.05) is 13.1 Å². The van der Waals surface area contributed by atoms with Crippen LogP contribution in [-0.4, -0.2) is 23.4 Å². The van der Waals surface area contributed by atoms with Crippen molar-refractivity contribution in [2.45, 2.75) is 65.2 Å². The highest BCUT2D eigenvalue weighted by atomic mass is 15.0. The van der Waals surface area contributed by atoms with Gasteiger partial charge in [-0.25, -0.2) is 4.58 Å². The second-order valence-corrected chi connectivity index (χ2v) is 5.99. The van der Waals surface area contributed by atoms with E-state index in [9.17, 15) is 0 Å². The number of nitrogens with zero attached hydrogens (tertiary/aromatic N) is 1. The standard InChI is InChI=1S/C15H28N/c1-3-5-14-6-4-11-16(12-14)15-9-7-13(2)8-10-15/h13-14H,3-12H2,1-2H3/q+1/t13?,14-/m0/s1. The smallest absolute Gasteiger partial charge is 0.152 e. The molecular formula is C15H28N+. The van der Waals surface area contributed by atoms with Crippen molar-refractivity contribution in [2.24, 2.45) is 11.8 Å². The third kappa shape index (κ3) is 3.09. The van der Waals surface area contributed by atoms with Gasteiger partial charge in [-0.1, -0.05) is 20.3 Å². The van der Waals surface area contributed by atoms with Gasteiger partial charge in [-0.2, -0.15) is 0 Å². The number of rotatable bonds is 2. The summed E-state index contributed by atoms with van der Waals surface area (Å²) in [4.78, 5) is 0. The molecule has 16 heavy (non-hydrogen) atoms. The minimum absolute atomic E-state index is 0.972. The van der Waals surface area contributed by atoms with E-state index >= 15 is 0 Å². The summed E-state index contributed by atoms with van der Waals surface area (Å²) < 4.78 is 2.75. The van der Waals surface area contributed by atoms with Crippen LogP contribution in [0.25, 0.3) is 0 Å². The highest BCUT2D eigenvalue weighted by Gasteiger charge is 2.26. The molecule has 0 unspecified atom stereocenters. The number of piperidine rings is 1. The van der Waals surface area contributed by atoms with Crippen LogP contribution in [0.4, 0.5) is 0 Å². The summed E-state index contributed by atoms with van der Waals surface area (Å²) in [6, 6.07) is 0. The molecule has 2 rings (SSSR count). The van der Waals surface area contributed by atoms with Gasteiger partial charge in [-0.05, 0) is 31.6 Å². The summed E-state index contributed by atoms with van der Waals surface area (Å²) >= 11 is 0. The van der Waals surface area contributed by atoms with Gasteiger partial charge in [0.15, 0.2) is 5.71 Å². The van der Waals surface area contributed by atoms with Gasteiger partial charge in [0.1, 0.15) is 13.1 Å². The number of hydrogen-bond acceptors (Lipinski definition) is 0. The molecule has 2 fully saturated rings. The lowest BCUT2D eigenvalue weighted by Gasteiger charge is -2.25. The molecule has 0 aromatic carbocycles. The Bertz CT molecular complexity index is 242. The Labute approximate surface area is 101 Å². The molecule has 0 aromatic heterocycles. The van der Waals surface area contributed by atoms with Crippen LogP contribution in [0, 0.1) is 11.8 Å². The van der Waals surface area contributed by atoms with Gasteiger partial charge >= 0.3 is 0 Å². The van der Waals surface area contributed by atoms with Crippen molar-refractivity contribution in [1.29, 1.82) is 0 Å². The Hall–Kier alpha value is -0.330. The lowest BCUT2D eigenvalue weighted by molar-refractivity contribution is -0.548. The molecule has 2 aliphatic rings. The van der Waals surface area contributed by atoms with E-state index in [0.717, 1.165) is 11.8 Å². The van der Waals surface area contributed by atoms with Crippen LogP contribution in [0.2, 0.25) is 0 Å². The monoisotopic (exact) mass is 222 g/mol. The molecule has 0 N–H and O–H groups in total. The first kappa shape index (κ1) is 12.1. The molecule has 92 valence electrons. The fourth-order valence-electron chi connectivity index (χ4n) is 3.41. The molecule has 1 saturated carbocycles. The Morgan fingerprint density at radius 3 is 2.62 bits per heavy atom. The van der Waals surface area contributed by atoms with Gasteiger partial charge in [0.05, 0.1) is 0 Å². The highest BCUT2D eigenvalue weighted by Crippen LogP contribution is 2.24. The predicted octanol–water partition coefficient (Wildman–Crippen LogP) is 3.86. The van der Waals surface area contributed by atoms with Gasteiger partial charge in [0, 0.05) is 25.2 Å². The van der Waals surface area contributed by atoms with Gasteiger partial charge < -0.3 is 0 Å². The maximum atomic E-state index is 2.75. The van der Waals surface area contributed by atoms with Crippen LogP contribution in [0.1, 0.15) is 65.2 Å². The maximum Gasteiger partial charge on any atom is 0.152 e. The zero-order valence-electron chi connectivity index (χ0n) is 11.2. The second-order valence-electron chi connectivity index (χ2n) is 5.99. The van der Waals surface area contributed by atoms with Crippen molar-refractivity contribution in [3.63, 3.8) is 0 Å². The van der Waals surface area contributed by atoms with Crippen molar-refractivity contribution in [3.8, 4) is 0 Å². The van der Waals surface area contributed by atoms with E-state index in [1.165, 1.54) is 64.5 Å². The summed E-state index contributed by atoms with van der Waals surface area (Å²) in [5.74, 6) is 1.96. The second kappa shape index (κ2) is 5.84. The van der Waals surface area contributed by atoms with E-state index in [4.69, 9.17) is 0 Å². The summed E-state index contributed by atoms with van der Waals surface area (Å²) in [7, 11) is 0. The largest absolute Gasteiger partial charge is 0.237 e. The summed E-state index contributed by atoms with van der Waals surface area (Å²) in [6.07, 6.45) is 11.4. The van der Waals surface area contributed by atoms with Crippen molar-refractivity contribution in [3.05, 3.63) is 0 Å². The Balaban J connectivity index is 1.94. The van der Waals surface area contributed by atoms with E-state index in [0.29, 0.717) is 0 Å². The molecule has 0 radical (unpaired) electrons. The quantitative estimate of drug-likeness (QED) is 0.624. The molecule has 1 saturated heterocycles. The molecule has 0 spiro atoms. The molecule has 1 atom stereocenters. The van der Waals surface area contributed by atoms with Gasteiger partial charge in [-0.15, -0.1) is 0 Å². The Morgan fingerprint density at radius 1 is 1.19 bits per heavy atom. The molecular weight excluding hydrogens is 194 g/mol. The highest BCUT2D eigenvalue weighted by molar-refractivity contribution is 5.80. The first-order chi connectivity index (χ1) is 7.79. The predicted molar refractivity (Wildman–Crippen MR) is 70.3 cm³/mol. The topological polar surface area (TPSA) is 3.01 Å². The normalized spacial score (nSPS) is 31.9. The third-order valence-electron chi connectivity index (χ3n) is 4.51. The van der Waals surface area contributed by atoms with E-state index < -0.39 is 0 Å². The first-order valence-corrected chi connectivity index (χ1v) is 7.39. The minimum atomic E-state index is 0.972. The van der Waals surface area contributed by atoms with Crippen molar-refractivity contribution >= 4 is 5.71 Å². The molecule has 1 heterocycles. The maximum absolute atomic E-state index is 2.75.